The molecule has 1 heterocycles. The molecule has 0 aliphatic rings. The van der Waals surface area contributed by atoms with E-state index < -0.39 is 0 Å². The molecule has 0 spiro atoms. The first-order valence-electron chi connectivity index (χ1n) is 6.54. The molecule has 0 amide bonds. The lowest BCUT2D eigenvalue weighted by Gasteiger charge is -2.13. The number of aromatic nitrogens is 2. The highest BCUT2D eigenvalue weighted by atomic mass is 35.5. The first-order valence-corrected chi connectivity index (χ1v) is 6.92. The monoisotopic (exact) mass is 279 g/mol. The van der Waals surface area contributed by atoms with Crippen LogP contribution in [0.3, 0.4) is 0 Å². The molecule has 2 rings (SSSR count). The van der Waals surface area contributed by atoms with Crippen LogP contribution in [-0.2, 0) is 0 Å². The second-order valence-electron chi connectivity index (χ2n) is 4.64. The number of rotatable bonds is 5. The van der Waals surface area contributed by atoms with Crippen LogP contribution >= 0.6 is 11.6 Å². The van der Waals surface area contributed by atoms with E-state index in [1.165, 1.54) is 0 Å². The lowest BCUT2D eigenvalue weighted by atomic mass is 10.2. The van der Waals surface area contributed by atoms with E-state index in [4.69, 9.17) is 11.6 Å². The third-order valence-corrected chi connectivity index (χ3v) is 3.31. The van der Waals surface area contributed by atoms with Gasteiger partial charge in [0.2, 0.25) is 0 Å². The Morgan fingerprint density at radius 3 is 3.00 bits per heavy atom. The van der Waals surface area contributed by atoms with E-state index in [-0.39, 0.29) is 11.6 Å². The van der Waals surface area contributed by atoms with Crippen LogP contribution in [0.1, 0.15) is 38.6 Å². The summed E-state index contributed by atoms with van der Waals surface area (Å²) in [5, 5.41) is 4.49. The van der Waals surface area contributed by atoms with Gasteiger partial charge in [-0.25, -0.2) is 4.98 Å². The summed E-state index contributed by atoms with van der Waals surface area (Å²) in [6.07, 6.45) is 2.24. The molecule has 4 nitrogen and oxygen atoms in total. The fraction of sp³-hybridized carbons (Fsp3) is 0.429. The lowest BCUT2D eigenvalue weighted by Crippen LogP contribution is -2.24. The van der Waals surface area contributed by atoms with Crippen molar-refractivity contribution < 1.29 is 0 Å². The average molecular weight is 280 g/mol. The fourth-order valence-electron chi connectivity index (χ4n) is 1.93. The average Bonchev–Trinajstić information content (AvgIpc) is 2.38. The highest BCUT2D eigenvalue weighted by Crippen LogP contribution is 2.16. The zero-order valence-corrected chi connectivity index (χ0v) is 11.9. The third kappa shape index (κ3) is 3.33. The quantitative estimate of drug-likeness (QED) is 0.827. The Morgan fingerprint density at radius 2 is 2.26 bits per heavy atom. The van der Waals surface area contributed by atoms with E-state index in [2.05, 4.69) is 22.2 Å². The van der Waals surface area contributed by atoms with Crippen molar-refractivity contribution in [3.8, 4) is 0 Å². The van der Waals surface area contributed by atoms with Crippen molar-refractivity contribution in [2.75, 3.05) is 6.54 Å². The van der Waals surface area contributed by atoms with Gasteiger partial charge < -0.3 is 10.3 Å². The molecular weight excluding hydrogens is 262 g/mol. The Kier molecular flexibility index (Phi) is 4.56. The zero-order valence-electron chi connectivity index (χ0n) is 11.2. The van der Waals surface area contributed by atoms with Gasteiger partial charge in [0.1, 0.15) is 5.82 Å². The minimum Gasteiger partial charge on any atom is -0.309 e. The van der Waals surface area contributed by atoms with Crippen LogP contribution in [0.5, 0.6) is 0 Å². The Morgan fingerprint density at radius 1 is 1.47 bits per heavy atom. The Hall–Kier alpha value is -1.39. The molecule has 0 bridgehead atoms. The molecule has 0 fully saturated rings. The molecule has 5 heteroatoms. The highest BCUT2D eigenvalue weighted by molar-refractivity contribution is 6.31. The normalized spacial score (nSPS) is 12.8. The second-order valence-corrected chi connectivity index (χ2v) is 5.08. The van der Waals surface area contributed by atoms with Crippen molar-refractivity contribution in [2.45, 2.75) is 32.7 Å². The highest BCUT2D eigenvalue weighted by Gasteiger charge is 2.10. The van der Waals surface area contributed by atoms with E-state index in [0.717, 1.165) is 19.4 Å². The number of H-pyrrole nitrogens is 1. The molecule has 1 aromatic carbocycles. The molecular formula is C14H18ClN3O. The van der Waals surface area contributed by atoms with Gasteiger partial charge in [0.15, 0.2) is 0 Å². The van der Waals surface area contributed by atoms with Crippen molar-refractivity contribution in [3.05, 3.63) is 39.4 Å². The van der Waals surface area contributed by atoms with E-state index in [9.17, 15) is 4.79 Å². The number of fused-ring (bicyclic) bond motifs is 1. The van der Waals surface area contributed by atoms with Crippen LogP contribution < -0.4 is 10.9 Å². The Bertz CT molecular complexity index is 624. The van der Waals surface area contributed by atoms with Gasteiger partial charge in [0.05, 0.1) is 16.9 Å². The maximum atomic E-state index is 12.0. The maximum Gasteiger partial charge on any atom is 0.258 e. The number of unbranched alkanes of at least 4 members (excludes halogenated alkanes) is 1. The van der Waals surface area contributed by atoms with E-state index in [0.29, 0.717) is 21.7 Å². The first-order chi connectivity index (χ1) is 9.11. The van der Waals surface area contributed by atoms with Crippen molar-refractivity contribution in [3.63, 3.8) is 0 Å². The van der Waals surface area contributed by atoms with Gasteiger partial charge in [-0.15, -0.1) is 0 Å². The second kappa shape index (κ2) is 6.17. The molecule has 1 aromatic heterocycles. The van der Waals surface area contributed by atoms with Gasteiger partial charge in [0, 0.05) is 5.02 Å². The number of nitrogens with zero attached hydrogens (tertiary/aromatic N) is 1. The number of halogens is 1. The van der Waals surface area contributed by atoms with Gasteiger partial charge in [-0.3, -0.25) is 4.79 Å². The smallest absolute Gasteiger partial charge is 0.258 e. The van der Waals surface area contributed by atoms with E-state index >= 15 is 0 Å². The molecule has 0 saturated heterocycles. The summed E-state index contributed by atoms with van der Waals surface area (Å²) in [5.74, 6) is 0.649. The topological polar surface area (TPSA) is 57.8 Å². The maximum absolute atomic E-state index is 12.0. The number of nitrogens with one attached hydrogen (secondary N) is 2. The number of hydrogen-bond acceptors (Lipinski definition) is 3. The molecule has 0 aliphatic heterocycles. The minimum absolute atomic E-state index is 0.0163. The SMILES string of the molecule is CCCCN[C@H](C)c1nc2cc(Cl)ccc2c(=O)[nH]1. The molecule has 0 saturated carbocycles. The molecule has 0 unspecified atom stereocenters. The van der Waals surface area contributed by atoms with E-state index in [1.54, 1.807) is 18.2 Å². The number of aromatic amines is 1. The van der Waals surface area contributed by atoms with Crippen molar-refractivity contribution in [1.29, 1.82) is 0 Å². The van der Waals surface area contributed by atoms with Gasteiger partial charge in [-0.2, -0.15) is 0 Å². The van der Waals surface area contributed by atoms with Crippen LogP contribution in [0.15, 0.2) is 23.0 Å². The summed E-state index contributed by atoms with van der Waals surface area (Å²) >= 11 is 5.94. The fourth-order valence-corrected chi connectivity index (χ4v) is 2.09. The van der Waals surface area contributed by atoms with Crippen molar-refractivity contribution >= 4 is 22.5 Å². The molecule has 1 atom stereocenters. The van der Waals surface area contributed by atoms with E-state index in [1.807, 2.05) is 6.92 Å². The Labute approximate surface area is 117 Å². The van der Waals surface area contributed by atoms with Gasteiger partial charge in [0.25, 0.3) is 5.56 Å². The van der Waals surface area contributed by atoms with Crippen LogP contribution in [-0.4, -0.2) is 16.5 Å². The summed E-state index contributed by atoms with van der Waals surface area (Å²) in [6, 6.07) is 5.13. The largest absolute Gasteiger partial charge is 0.309 e. The van der Waals surface area contributed by atoms with Crippen LogP contribution in [0.2, 0.25) is 5.02 Å². The van der Waals surface area contributed by atoms with Crippen LogP contribution in [0, 0.1) is 0 Å². The molecule has 102 valence electrons. The standard InChI is InChI=1S/C14H18ClN3O/c1-3-4-7-16-9(2)13-17-12-8-10(15)5-6-11(12)14(19)18-13/h5-6,8-9,16H,3-4,7H2,1-2H3,(H,17,18,19)/t9-/m1/s1. The molecule has 2 N–H and O–H groups in total. The molecule has 19 heavy (non-hydrogen) atoms. The van der Waals surface area contributed by atoms with Crippen LogP contribution in [0.4, 0.5) is 0 Å². The Balaban J connectivity index is 2.31. The lowest BCUT2D eigenvalue weighted by molar-refractivity contribution is 0.532. The zero-order chi connectivity index (χ0) is 13.8. The van der Waals surface area contributed by atoms with Gasteiger partial charge in [-0.1, -0.05) is 24.9 Å². The minimum atomic E-state index is -0.124. The molecule has 2 aromatic rings. The summed E-state index contributed by atoms with van der Waals surface area (Å²) in [6.45, 7) is 5.05. The van der Waals surface area contributed by atoms with Crippen LogP contribution in [0.25, 0.3) is 10.9 Å². The molecule has 0 aliphatic carbocycles. The summed E-state index contributed by atoms with van der Waals surface area (Å²) in [5.41, 5.74) is 0.510. The van der Waals surface area contributed by atoms with Crippen molar-refractivity contribution in [1.82, 2.24) is 15.3 Å². The van der Waals surface area contributed by atoms with Gasteiger partial charge >= 0.3 is 0 Å². The number of hydrogen-bond donors (Lipinski definition) is 2. The summed E-state index contributed by atoms with van der Waals surface area (Å²) in [4.78, 5) is 19.3. The van der Waals surface area contributed by atoms with Crippen molar-refractivity contribution in [2.24, 2.45) is 0 Å². The first kappa shape index (κ1) is 14.0. The van der Waals surface area contributed by atoms with Gasteiger partial charge in [-0.05, 0) is 38.1 Å². The predicted molar refractivity (Wildman–Crippen MR) is 78.7 cm³/mol. The number of benzene rings is 1. The molecule has 0 radical (unpaired) electrons. The predicted octanol–water partition coefficient (Wildman–Crippen LogP) is 3.03. The summed E-state index contributed by atoms with van der Waals surface area (Å²) < 4.78 is 0. The summed E-state index contributed by atoms with van der Waals surface area (Å²) in [7, 11) is 0. The third-order valence-electron chi connectivity index (χ3n) is 3.08.